The number of nitrogens with zero attached hydrogens (tertiary/aromatic N) is 1. The van der Waals surface area contributed by atoms with Gasteiger partial charge in [-0.15, -0.1) is 0 Å². The first-order chi connectivity index (χ1) is 19.3. The van der Waals surface area contributed by atoms with Gasteiger partial charge >= 0.3 is 0 Å². The van der Waals surface area contributed by atoms with Crippen LogP contribution in [0.2, 0.25) is 5.02 Å². The zero-order valence-electron chi connectivity index (χ0n) is 23.0. The number of benzene rings is 4. The van der Waals surface area contributed by atoms with Crippen LogP contribution in [0.3, 0.4) is 0 Å². The van der Waals surface area contributed by atoms with E-state index in [9.17, 15) is 21.6 Å². The van der Waals surface area contributed by atoms with E-state index in [1.165, 1.54) is 48.5 Å². The van der Waals surface area contributed by atoms with Crippen LogP contribution >= 0.6 is 11.6 Å². The second-order valence-electron chi connectivity index (χ2n) is 9.73. The average Bonchev–Trinajstić information content (AvgIpc) is 2.91. The molecule has 0 aliphatic carbocycles. The summed E-state index contributed by atoms with van der Waals surface area (Å²) in [5, 5.41) is 3.05. The molecule has 0 fully saturated rings. The number of carbonyl (C=O) groups is 1. The van der Waals surface area contributed by atoms with E-state index in [-0.39, 0.29) is 9.79 Å². The van der Waals surface area contributed by atoms with E-state index in [1.807, 2.05) is 39.8 Å². The lowest BCUT2D eigenvalue weighted by Crippen LogP contribution is -2.38. The van der Waals surface area contributed by atoms with E-state index in [4.69, 9.17) is 11.6 Å². The standard InChI is InChI=1S/C30H30ClN3O5S2/c1-20-5-6-22(3)29(17-20)33-40(36,37)27-15-10-25(11-16-27)32-30(35)19-34(26-12-7-21(2)23(4)18-26)41(38,39)28-13-8-24(31)9-14-28/h5-18,33H,19H2,1-4H3,(H,32,35). The summed E-state index contributed by atoms with van der Waals surface area (Å²) in [6.07, 6.45) is 0. The van der Waals surface area contributed by atoms with Crippen molar-refractivity contribution in [1.82, 2.24) is 0 Å². The fraction of sp³-hybridized carbons (Fsp3) is 0.167. The molecule has 1 amide bonds. The molecule has 0 saturated carbocycles. The molecule has 0 saturated heterocycles. The summed E-state index contributed by atoms with van der Waals surface area (Å²) >= 11 is 5.95. The number of rotatable bonds is 9. The Kier molecular flexibility index (Phi) is 8.77. The number of halogens is 1. The molecular weight excluding hydrogens is 582 g/mol. The molecule has 0 aromatic heterocycles. The van der Waals surface area contributed by atoms with E-state index in [1.54, 1.807) is 24.3 Å². The zero-order valence-corrected chi connectivity index (χ0v) is 25.4. The van der Waals surface area contributed by atoms with Crippen molar-refractivity contribution >= 4 is 54.6 Å². The maximum absolute atomic E-state index is 13.6. The minimum atomic E-state index is -4.12. The van der Waals surface area contributed by atoms with Crippen molar-refractivity contribution in [2.45, 2.75) is 37.5 Å². The molecule has 4 aromatic rings. The Morgan fingerprint density at radius 3 is 1.98 bits per heavy atom. The van der Waals surface area contributed by atoms with Crippen LogP contribution in [0.25, 0.3) is 0 Å². The average molecular weight is 612 g/mol. The van der Waals surface area contributed by atoms with Crippen molar-refractivity contribution in [3.8, 4) is 0 Å². The molecule has 0 spiro atoms. The molecule has 0 radical (unpaired) electrons. The van der Waals surface area contributed by atoms with Crippen LogP contribution in [0, 0.1) is 27.7 Å². The third-order valence-corrected chi connectivity index (χ3v) is 9.97. The highest BCUT2D eigenvalue weighted by Gasteiger charge is 2.28. The largest absolute Gasteiger partial charge is 0.325 e. The van der Waals surface area contributed by atoms with Crippen molar-refractivity contribution in [2.75, 3.05) is 20.9 Å². The SMILES string of the molecule is Cc1ccc(C)c(NS(=O)(=O)c2ccc(NC(=O)CN(c3ccc(C)c(C)c3)S(=O)(=O)c3ccc(Cl)cc3)cc2)c1. The van der Waals surface area contributed by atoms with Gasteiger partial charge in [-0.1, -0.05) is 29.8 Å². The number of carbonyl (C=O) groups excluding carboxylic acids is 1. The van der Waals surface area contributed by atoms with Crippen molar-refractivity contribution in [3.05, 3.63) is 112 Å². The molecule has 214 valence electrons. The normalized spacial score (nSPS) is 11.6. The zero-order chi connectivity index (χ0) is 29.9. The number of aryl methyl sites for hydroxylation is 4. The van der Waals surface area contributed by atoms with E-state index >= 15 is 0 Å². The Bertz CT molecular complexity index is 1810. The van der Waals surface area contributed by atoms with Gasteiger partial charge in [-0.25, -0.2) is 16.8 Å². The van der Waals surface area contributed by atoms with Crippen LogP contribution in [-0.2, 0) is 24.8 Å². The predicted molar refractivity (Wildman–Crippen MR) is 164 cm³/mol. The van der Waals surface area contributed by atoms with Gasteiger partial charge in [0.2, 0.25) is 5.91 Å². The van der Waals surface area contributed by atoms with Crippen LogP contribution in [-0.4, -0.2) is 29.3 Å². The Balaban J connectivity index is 1.55. The van der Waals surface area contributed by atoms with Gasteiger partial charge in [0.1, 0.15) is 6.54 Å². The minimum Gasteiger partial charge on any atom is -0.325 e. The van der Waals surface area contributed by atoms with Gasteiger partial charge in [-0.3, -0.25) is 13.8 Å². The number of anilines is 3. The Morgan fingerprint density at radius 1 is 0.732 bits per heavy atom. The first-order valence-electron chi connectivity index (χ1n) is 12.6. The molecule has 0 bridgehead atoms. The summed E-state index contributed by atoms with van der Waals surface area (Å²) in [6.45, 7) is 6.94. The third-order valence-electron chi connectivity index (χ3n) is 6.55. The molecule has 8 nitrogen and oxygen atoms in total. The monoisotopic (exact) mass is 611 g/mol. The van der Waals surface area contributed by atoms with Gasteiger partial charge in [0.05, 0.1) is 21.2 Å². The van der Waals surface area contributed by atoms with Gasteiger partial charge in [0.15, 0.2) is 0 Å². The van der Waals surface area contributed by atoms with Crippen LogP contribution in [0.4, 0.5) is 17.1 Å². The van der Waals surface area contributed by atoms with E-state index in [2.05, 4.69) is 10.0 Å². The van der Waals surface area contributed by atoms with Gasteiger partial charge in [0.25, 0.3) is 20.0 Å². The van der Waals surface area contributed by atoms with Gasteiger partial charge in [0, 0.05) is 10.7 Å². The van der Waals surface area contributed by atoms with E-state index < -0.39 is 32.5 Å². The topological polar surface area (TPSA) is 113 Å². The summed E-state index contributed by atoms with van der Waals surface area (Å²) in [5.41, 5.74) is 4.66. The lowest BCUT2D eigenvalue weighted by molar-refractivity contribution is -0.114. The van der Waals surface area contributed by atoms with Gasteiger partial charge in [-0.2, -0.15) is 0 Å². The lowest BCUT2D eigenvalue weighted by Gasteiger charge is -2.25. The first kappa shape index (κ1) is 30.1. The Hall–Kier alpha value is -3.86. The highest BCUT2D eigenvalue weighted by Crippen LogP contribution is 2.27. The minimum absolute atomic E-state index is 0.0125. The second kappa shape index (κ2) is 11.9. The van der Waals surface area contributed by atoms with Crippen molar-refractivity contribution in [1.29, 1.82) is 0 Å². The lowest BCUT2D eigenvalue weighted by atomic mass is 10.1. The number of nitrogens with one attached hydrogen (secondary N) is 2. The molecule has 41 heavy (non-hydrogen) atoms. The number of amides is 1. The highest BCUT2D eigenvalue weighted by molar-refractivity contribution is 7.93. The van der Waals surface area contributed by atoms with Crippen molar-refractivity contribution < 1.29 is 21.6 Å². The van der Waals surface area contributed by atoms with Crippen LogP contribution in [0.15, 0.2) is 94.7 Å². The number of hydrogen-bond acceptors (Lipinski definition) is 5. The molecule has 0 heterocycles. The Labute approximate surface area is 246 Å². The molecule has 0 aliphatic heterocycles. The molecule has 11 heteroatoms. The van der Waals surface area contributed by atoms with Crippen molar-refractivity contribution in [2.24, 2.45) is 0 Å². The van der Waals surface area contributed by atoms with Gasteiger partial charge in [-0.05, 0) is 117 Å². The maximum atomic E-state index is 13.6. The molecule has 2 N–H and O–H groups in total. The molecule has 0 atom stereocenters. The molecule has 0 unspecified atom stereocenters. The van der Waals surface area contributed by atoms with Gasteiger partial charge < -0.3 is 5.32 Å². The van der Waals surface area contributed by atoms with Crippen LogP contribution in [0.5, 0.6) is 0 Å². The second-order valence-corrected chi connectivity index (χ2v) is 13.7. The van der Waals surface area contributed by atoms with Crippen molar-refractivity contribution in [3.63, 3.8) is 0 Å². The highest BCUT2D eigenvalue weighted by atomic mass is 35.5. The fourth-order valence-electron chi connectivity index (χ4n) is 4.03. The van der Waals surface area contributed by atoms with E-state index in [0.29, 0.717) is 22.1 Å². The summed E-state index contributed by atoms with van der Waals surface area (Å²) in [6, 6.07) is 22.0. The molecule has 4 rings (SSSR count). The number of hydrogen-bond donors (Lipinski definition) is 2. The summed E-state index contributed by atoms with van der Waals surface area (Å²) < 4.78 is 56.7. The summed E-state index contributed by atoms with van der Waals surface area (Å²) in [4.78, 5) is 13.1. The van der Waals surface area contributed by atoms with Crippen LogP contribution < -0.4 is 14.3 Å². The fourth-order valence-corrected chi connectivity index (χ4v) is 6.69. The van der Waals surface area contributed by atoms with Crippen LogP contribution in [0.1, 0.15) is 22.3 Å². The summed E-state index contributed by atoms with van der Waals surface area (Å²) in [5.74, 6) is -0.607. The Morgan fingerprint density at radius 2 is 1.34 bits per heavy atom. The van der Waals surface area contributed by atoms with E-state index in [0.717, 1.165) is 26.6 Å². The summed E-state index contributed by atoms with van der Waals surface area (Å²) in [7, 11) is -8.00. The third kappa shape index (κ3) is 7.08. The number of sulfonamides is 2. The quantitative estimate of drug-likeness (QED) is 0.234. The maximum Gasteiger partial charge on any atom is 0.264 e. The molecular formula is C30H30ClN3O5S2. The first-order valence-corrected chi connectivity index (χ1v) is 15.9. The predicted octanol–water partition coefficient (Wildman–Crippen LogP) is 6.21. The molecule has 0 aliphatic rings. The smallest absolute Gasteiger partial charge is 0.264 e. The molecule has 4 aromatic carbocycles.